The van der Waals surface area contributed by atoms with Gasteiger partial charge in [-0.25, -0.2) is 0 Å². The Morgan fingerprint density at radius 2 is 1.95 bits per heavy atom. The summed E-state index contributed by atoms with van der Waals surface area (Å²) in [5.74, 6) is 0. The fourth-order valence-electron chi connectivity index (χ4n) is 1.58. The maximum Gasteiger partial charge on any atom is 0.293 e. The average Bonchev–Trinajstić information content (AvgIpc) is 2.88. The molecule has 1 aromatic heterocycles. The molecular weight excluding hydrogens is 300 g/mol. The van der Waals surface area contributed by atoms with Gasteiger partial charge in [0.15, 0.2) is 0 Å². The van der Waals surface area contributed by atoms with E-state index in [1.54, 1.807) is 6.20 Å². The third-order valence-electron chi connectivity index (χ3n) is 2.55. The van der Waals surface area contributed by atoms with E-state index >= 15 is 0 Å². The summed E-state index contributed by atoms with van der Waals surface area (Å²) in [7, 11) is 2.10. The summed E-state index contributed by atoms with van der Waals surface area (Å²) >= 11 is 5.75. The van der Waals surface area contributed by atoms with Crippen molar-refractivity contribution in [2.75, 3.05) is 20.1 Å². The lowest BCUT2D eigenvalue weighted by molar-refractivity contribution is -0.138. The fraction of sp³-hybridized carbons (Fsp3) is 0.529. The Bertz CT molecular complexity index is 465. The normalized spacial score (nSPS) is 14.0. The molecule has 22 heavy (non-hydrogen) atoms. The summed E-state index contributed by atoms with van der Waals surface area (Å²) < 4.78 is 4.55. The van der Waals surface area contributed by atoms with Gasteiger partial charge in [-0.05, 0) is 45.5 Å². The van der Waals surface area contributed by atoms with Crippen LogP contribution in [0.15, 0.2) is 24.4 Å². The monoisotopic (exact) mass is 326 g/mol. The predicted octanol–water partition coefficient (Wildman–Crippen LogP) is 4.05. The minimum atomic E-state index is -0.318. The van der Waals surface area contributed by atoms with E-state index in [1.807, 2.05) is 46.8 Å². The van der Waals surface area contributed by atoms with E-state index in [0.717, 1.165) is 18.8 Å². The standard InChI is InChI=1S/C10H11ClN2.C5H10O2.C2H6/c1-13-5-4-8(7-13)10-3-2-9(11)6-12-10;1-5(2,3)7-4-6;1-2/h2-4,6H,5,7H2,1H3;4H,1-3H3;1-2H3. The topological polar surface area (TPSA) is 42.4 Å². The molecule has 0 radical (unpaired) electrons. The first-order valence-electron chi connectivity index (χ1n) is 7.43. The number of pyridine rings is 1. The third kappa shape index (κ3) is 8.80. The van der Waals surface area contributed by atoms with E-state index in [-0.39, 0.29) is 5.60 Å². The lowest BCUT2D eigenvalue weighted by Gasteiger charge is -2.14. The molecule has 1 aliphatic heterocycles. The van der Waals surface area contributed by atoms with Crippen molar-refractivity contribution in [2.24, 2.45) is 0 Å². The second-order valence-corrected chi connectivity index (χ2v) is 6.05. The first-order valence-corrected chi connectivity index (χ1v) is 7.80. The molecule has 1 aliphatic rings. The van der Waals surface area contributed by atoms with E-state index in [1.165, 1.54) is 5.57 Å². The summed E-state index contributed by atoms with van der Waals surface area (Å²) in [5, 5.41) is 0.690. The van der Waals surface area contributed by atoms with E-state index in [2.05, 4.69) is 27.7 Å². The number of rotatable bonds is 2. The molecule has 124 valence electrons. The first kappa shape index (κ1) is 20.6. The molecule has 0 spiro atoms. The molecule has 0 saturated carbocycles. The van der Waals surface area contributed by atoms with Gasteiger partial charge in [0.2, 0.25) is 0 Å². The number of aromatic nitrogens is 1. The summed E-state index contributed by atoms with van der Waals surface area (Å²) in [5.41, 5.74) is 2.01. The molecule has 2 heterocycles. The zero-order chi connectivity index (χ0) is 17.2. The average molecular weight is 327 g/mol. The van der Waals surface area contributed by atoms with Crippen LogP contribution in [-0.4, -0.2) is 42.1 Å². The molecule has 0 aromatic carbocycles. The van der Waals surface area contributed by atoms with Crippen LogP contribution in [0.2, 0.25) is 5.02 Å². The van der Waals surface area contributed by atoms with E-state index in [4.69, 9.17) is 11.6 Å². The molecule has 1 aromatic rings. The molecule has 0 atom stereocenters. The Hall–Kier alpha value is -1.39. The summed E-state index contributed by atoms with van der Waals surface area (Å²) in [6.45, 7) is 11.9. The SMILES string of the molecule is CC.CC(C)(C)OC=O.CN1CC=C(c2ccc(Cl)cn2)C1. The number of carbonyl (C=O) groups is 1. The molecule has 0 saturated heterocycles. The van der Waals surface area contributed by atoms with Gasteiger partial charge in [0.05, 0.1) is 10.7 Å². The smallest absolute Gasteiger partial charge is 0.293 e. The Morgan fingerprint density at radius 1 is 1.32 bits per heavy atom. The lowest BCUT2D eigenvalue weighted by Crippen LogP contribution is -2.17. The quantitative estimate of drug-likeness (QED) is 0.769. The highest BCUT2D eigenvalue weighted by Gasteiger charge is 2.12. The highest BCUT2D eigenvalue weighted by Crippen LogP contribution is 2.18. The molecule has 0 fully saturated rings. The van der Waals surface area contributed by atoms with Crippen LogP contribution in [-0.2, 0) is 9.53 Å². The minimum absolute atomic E-state index is 0.318. The van der Waals surface area contributed by atoms with E-state index < -0.39 is 0 Å². The van der Waals surface area contributed by atoms with Gasteiger partial charge in [0, 0.05) is 19.3 Å². The van der Waals surface area contributed by atoms with Crippen LogP contribution >= 0.6 is 11.6 Å². The van der Waals surface area contributed by atoms with Gasteiger partial charge in [-0.2, -0.15) is 0 Å². The van der Waals surface area contributed by atoms with Crippen LogP contribution in [0.3, 0.4) is 0 Å². The van der Waals surface area contributed by atoms with Crippen molar-refractivity contribution in [2.45, 2.75) is 40.2 Å². The number of nitrogens with zero attached hydrogens (tertiary/aromatic N) is 2. The molecule has 0 N–H and O–H groups in total. The summed E-state index contributed by atoms with van der Waals surface area (Å²) in [4.78, 5) is 16.1. The molecule has 2 rings (SSSR count). The van der Waals surface area contributed by atoms with Crippen LogP contribution in [0.25, 0.3) is 5.57 Å². The zero-order valence-corrected chi connectivity index (χ0v) is 15.1. The lowest BCUT2D eigenvalue weighted by atomic mass is 10.2. The molecule has 4 nitrogen and oxygen atoms in total. The van der Waals surface area contributed by atoms with Crippen molar-refractivity contribution in [3.8, 4) is 0 Å². The number of likely N-dealkylation sites (N-methyl/N-ethyl adjacent to an activating group) is 1. The number of hydrogen-bond acceptors (Lipinski definition) is 4. The van der Waals surface area contributed by atoms with Crippen molar-refractivity contribution in [3.63, 3.8) is 0 Å². The minimum Gasteiger partial charge on any atom is -0.462 e. The molecule has 5 heteroatoms. The van der Waals surface area contributed by atoms with Crippen LogP contribution in [0.1, 0.15) is 40.3 Å². The van der Waals surface area contributed by atoms with Crippen LogP contribution in [0, 0.1) is 0 Å². The zero-order valence-electron chi connectivity index (χ0n) is 14.4. The van der Waals surface area contributed by atoms with Gasteiger partial charge in [0.1, 0.15) is 5.60 Å². The first-order chi connectivity index (χ1) is 10.3. The highest BCUT2D eigenvalue weighted by atomic mass is 35.5. The number of hydrogen-bond donors (Lipinski definition) is 0. The van der Waals surface area contributed by atoms with Gasteiger partial charge < -0.3 is 4.74 Å². The molecule has 0 unspecified atom stereocenters. The van der Waals surface area contributed by atoms with Crippen molar-refractivity contribution in [1.29, 1.82) is 0 Å². The molecular formula is C17H27ClN2O2. The van der Waals surface area contributed by atoms with Gasteiger partial charge in [-0.15, -0.1) is 0 Å². The van der Waals surface area contributed by atoms with Crippen LogP contribution in [0.4, 0.5) is 0 Å². The number of ether oxygens (including phenoxy) is 1. The maximum absolute atomic E-state index is 9.60. The molecule has 0 amide bonds. The number of halogens is 1. The summed E-state index contributed by atoms with van der Waals surface area (Å²) in [6.07, 6.45) is 3.90. The number of carbonyl (C=O) groups excluding carboxylic acids is 1. The largest absolute Gasteiger partial charge is 0.462 e. The second kappa shape index (κ2) is 10.4. The van der Waals surface area contributed by atoms with Gasteiger partial charge >= 0.3 is 0 Å². The summed E-state index contributed by atoms with van der Waals surface area (Å²) in [6, 6.07) is 3.84. The highest BCUT2D eigenvalue weighted by molar-refractivity contribution is 6.30. The van der Waals surface area contributed by atoms with Gasteiger partial charge in [0.25, 0.3) is 6.47 Å². The fourth-order valence-corrected chi connectivity index (χ4v) is 1.69. The van der Waals surface area contributed by atoms with Crippen LogP contribution in [0.5, 0.6) is 0 Å². The van der Waals surface area contributed by atoms with Crippen molar-refractivity contribution in [3.05, 3.63) is 35.1 Å². The predicted molar refractivity (Wildman–Crippen MR) is 93.0 cm³/mol. The molecule has 0 aliphatic carbocycles. The van der Waals surface area contributed by atoms with Crippen molar-refractivity contribution in [1.82, 2.24) is 9.88 Å². The second-order valence-electron chi connectivity index (χ2n) is 5.61. The van der Waals surface area contributed by atoms with Crippen LogP contribution < -0.4 is 0 Å². The van der Waals surface area contributed by atoms with Crippen molar-refractivity contribution < 1.29 is 9.53 Å². The Morgan fingerprint density at radius 3 is 2.27 bits per heavy atom. The third-order valence-corrected chi connectivity index (χ3v) is 2.77. The van der Waals surface area contributed by atoms with E-state index in [9.17, 15) is 4.79 Å². The van der Waals surface area contributed by atoms with Gasteiger partial charge in [-0.3, -0.25) is 14.7 Å². The maximum atomic E-state index is 9.60. The van der Waals surface area contributed by atoms with Gasteiger partial charge in [-0.1, -0.05) is 31.5 Å². The Kier molecular flexibility index (Phi) is 9.70. The molecule has 0 bridgehead atoms. The van der Waals surface area contributed by atoms with E-state index in [0.29, 0.717) is 11.5 Å². The Labute approximate surface area is 139 Å². The Balaban J connectivity index is 0.000000421. The van der Waals surface area contributed by atoms with Crippen molar-refractivity contribution >= 4 is 23.6 Å².